The van der Waals surface area contributed by atoms with Crippen molar-refractivity contribution in [2.24, 2.45) is 11.8 Å². The number of carbonyl (C=O) groups is 6. The summed E-state index contributed by atoms with van der Waals surface area (Å²) in [5.41, 5.74) is -2.90. The Morgan fingerprint density at radius 2 is 1.71 bits per heavy atom. The minimum Gasteiger partial charge on any atom is -0.506 e. The minimum absolute atomic E-state index is 0.0211. The van der Waals surface area contributed by atoms with E-state index in [0.717, 1.165) is 5.57 Å². The highest BCUT2D eigenvalue weighted by Crippen LogP contribution is 2.68. The predicted molar refractivity (Wildman–Crippen MR) is 209 cm³/mol. The Labute approximate surface area is 335 Å². The number of hydrogen-bond acceptors (Lipinski definition) is 11. The van der Waals surface area contributed by atoms with Crippen molar-refractivity contribution in [1.29, 1.82) is 0 Å². The highest BCUT2D eigenvalue weighted by molar-refractivity contribution is 6.19. The summed E-state index contributed by atoms with van der Waals surface area (Å²) in [6.07, 6.45) is 8.21. The first-order valence-corrected chi connectivity index (χ1v) is 19.4. The molecule has 5 atom stereocenters. The molecule has 1 amide bonds. The number of phenols is 1. The van der Waals surface area contributed by atoms with E-state index in [1.54, 1.807) is 36.4 Å². The second kappa shape index (κ2) is 14.2. The molecule has 2 aromatic rings. The van der Waals surface area contributed by atoms with Crippen molar-refractivity contribution in [3.63, 3.8) is 0 Å². The lowest BCUT2D eigenvalue weighted by atomic mass is 9.51. The van der Waals surface area contributed by atoms with Crippen LogP contribution >= 0.6 is 0 Å². The third kappa shape index (κ3) is 6.45. The Bertz CT molecular complexity index is 2290. The van der Waals surface area contributed by atoms with Gasteiger partial charge in [-0.1, -0.05) is 42.0 Å². The number of carbonyl (C=O) groups excluding carboxylic acids is 5. The molecule has 304 valence electrons. The highest BCUT2D eigenvalue weighted by Gasteiger charge is 2.81. The van der Waals surface area contributed by atoms with Crippen LogP contribution in [-0.2, 0) is 35.1 Å². The number of carboxylic acids is 1. The van der Waals surface area contributed by atoms with Gasteiger partial charge < -0.3 is 34.5 Å². The zero-order valence-electron chi connectivity index (χ0n) is 33.5. The Balaban J connectivity index is 1.21. The average molecular weight is 794 g/mol. The van der Waals surface area contributed by atoms with Crippen molar-refractivity contribution in [3.05, 3.63) is 93.6 Å². The predicted octanol–water partition coefficient (Wildman–Crippen LogP) is 6.16. The van der Waals surface area contributed by atoms with Crippen molar-refractivity contribution >= 4 is 41.5 Å². The second-order valence-corrected chi connectivity index (χ2v) is 17.0. The molecule has 8 rings (SSSR count). The number of allylic oxidation sites excluding steroid dienone is 3. The molecule has 2 fully saturated rings. The molecule has 1 saturated heterocycles. The first kappa shape index (κ1) is 40.4. The van der Waals surface area contributed by atoms with Gasteiger partial charge in [-0.15, -0.1) is 0 Å². The SMILES string of the molecule is CC(C)=CCc1c2c(c(O)c3c1O[C@@]14C(=C[C@H]5CC1C(C)(C)O[C@]4(C/C=C(/C)C(=O)N[C@@H](CCC(=O)OC(=O)c1ccccc1)C(=O)O)C5=O)C3=O)C=CC(C)(C)O2. The number of aliphatic carboxylic acids is 1. The molecule has 0 aromatic heterocycles. The largest absolute Gasteiger partial charge is 0.506 e. The zero-order valence-corrected chi connectivity index (χ0v) is 33.5. The number of rotatable bonds is 11. The summed E-state index contributed by atoms with van der Waals surface area (Å²) in [6, 6.07) is 6.31. The van der Waals surface area contributed by atoms with E-state index in [1.165, 1.54) is 25.1 Å². The maximum atomic E-state index is 14.9. The van der Waals surface area contributed by atoms with E-state index in [4.69, 9.17) is 18.9 Å². The Kier molecular flexibility index (Phi) is 9.90. The van der Waals surface area contributed by atoms with Gasteiger partial charge in [0.15, 0.2) is 22.8 Å². The van der Waals surface area contributed by atoms with Gasteiger partial charge in [0.1, 0.15) is 34.5 Å². The van der Waals surface area contributed by atoms with Gasteiger partial charge in [-0.3, -0.25) is 19.2 Å². The van der Waals surface area contributed by atoms with Crippen LogP contribution in [0.15, 0.2) is 71.4 Å². The van der Waals surface area contributed by atoms with Crippen LogP contribution < -0.4 is 14.8 Å². The Morgan fingerprint density at radius 3 is 2.38 bits per heavy atom. The molecule has 3 aliphatic heterocycles. The molecule has 0 radical (unpaired) electrons. The molecule has 3 aliphatic carbocycles. The fraction of sp³-hybridized carbons (Fsp3) is 0.422. The third-order valence-electron chi connectivity index (χ3n) is 11.8. The lowest BCUT2D eigenvalue weighted by Gasteiger charge is -2.56. The number of esters is 2. The third-order valence-corrected chi connectivity index (χ3v) is 11.8. The molecule has 58 heavy (non-hydrogen) atoms. The molecule has 3 heterocycles. The van der Waals surface area contributed by atoms with Crippen LogP contribution in [0.5, 0.6) is 17.2 Å². The van der Waals surface area contributed by atoms with Crippen LogP contribution in [-0.4, -0.2) is 74.0 Å². The van der Waals surface area contributed by atoms with E-state index < -0.39 is 76.3 Å². The van der Waals surface area contributed by atoms with Crippen molar-refractivity contribution in [3.8, 4) is 17.2 Å². The molecular formula is C45H47NO12. The minimum atomic E-state index is -1.79. The van der Waals surface area contributed by atoms with Gasteiger partial charge in [-0.2, -0.15) is 0 Å². The summed E-state index contributed by atoms with van der Waals surface area (Å²) >= 11 is 0. The second-order valence-electron chi connectivity index (χ2n) is 17.0. The zero-order chi connectivity index (χ0) is 42.1. The molecule has 2 aromatic carbocycles. The molecule has 1 spiro atoms. The van der Waals surface area contributed by atoms with Crippen molar-refractivity contribution in [2.45, 2.75) is 109 Å². The number of fused-ring (bicyclic) bond motifs is 2. The van der Waals surface area contributed by atoms with Crippen LogP contribution in [0.2, 0.25) is 0 Å². The monoisotopic (exact) mass is 793 g/mol. The maximum absolute atomic E-state index is 14.9. The smallest absolute Gasteiger partial charge is 0.345 e. The van der Waals surface area contributed by atoms with Gasteiger partial charge >= 0.3 is 17.9 Å². The standard InChI is InChI=1S/C45H47NO12/c1-23(2)13-14-28-36-27(18-19-42(4,5)56-36)34(48)33-35(49)29-21-26-22-31-43(6,7)58-44(38(26)50,45(29,31)57-37(28)33)20-17-24(3)39(51)46-30(40(52)53)15-16-32(47)55-41(54)25-11-9-8-10-12-25/h8-13,17-19,21,26,30-31,48H,14-16,20,22H2,1-7H3,(H,46,51)(H,52,53)/b24-17-/t26-,30-,31?,44+,45-/m0/s1. The number of aromatic hydroxyl groups is 1. The van der Waals surface area contributed by atoms with Crippen molar-refractivity contribution < 1.29 is 57.9 Å². The van der Waals surface area contributed by atoms with Crippen molar-refractivity contribution in [2.75, 3.05) is 0 Å². The van der Waals surface area contributed by atoms with E-state index in [2.05, 4.69) is 5.32 Å². The van der Waals surface area contributed by atoms with Gasteiger partial charge in [0.25, 0.3) is 0 Å². The molecule has 3 N–H and O–H groups in total. The number of hydrogen-bond donors (Lipinski definition) is 3. The van der Waals surface area contributed by atoms with Gasteiger partial charge in [-0.25, -0.2) is 9.59 Å². The quantitative estimate of drug-likeness (QED) is 0.102. The van der Waals surface area contributed by atoms with Crippen LogP contribution in [0.1, 0.15) is 106 Å². The number of ketones is 2. The Morgan fingerprint density at radius 1 is 1.00 bits per heavy atom. The van der Waals surface area contributed by atoms with E-state index in [0.29, 0.717) is 29.7 Å². The summed E-state index contributed by atoms with van der Waals surface area (Å²) in [7, 11) is 0. The number of amides is 1. The lowest BCUT2D eigenvalue weighted by Crippen LogP contribution is -2.72. The van der Waals surface area contributed by atoms with Gasteiger partial charge in [0, 0.05) is 41.4 Å². The Hall–Kier alpha value is -5.82. The first-order chi connectivity index (χ1) is 27.2. The van der Waals surface area contributed by atoms with Gasteiger partial charge in [0.05, 0.1) is 16.7 Å². The number of ether oxygens (including phenoxy) is 4. The average Bonchev–Trinajstić information content (AvgIpc) is 3.31. The lowest BCUT2D eigenvalue weighted by molar-refractivity contribution is -0.171. The van der Waals surface area contributed by atoms with E-state index in [1.807, 2.05) is 47.6 Å². The molecule has 13 heteroatoms. The van der Waals surface area contributed by atoms with Crippen LogP contribution in [0, 0.1) is 11.8 Å². The summed E-state index contributed by atoms with van der Waals surface area (Å²) in [5, 5.41) is 24.1. The number of benzene rings is 2. The van der Waals surface area contributed by atoms with Gasteiger partial charge in [0.2, 0.25) is 5.91 Å². The van der Waals surface area contributed by atoms with E-state index in [9.17, 15) is 39.0 Å². The molecule has 13 nitrogen and oxygen atoms in total. The van der Waals surface area contributed by atoms with Crippen LogP contribution in [0.25, 0.3) is 6.08 Å². The van der Waals surface area contributed by atoms with Crippen molar-refractivity contribution in [1.82, 2.24) is 5.32 Å². The molecule has 1 saturated carbocycles. The first-order valence-electron chi connectivity index (χ1n) is 19.4. The number of carboxylic acid groups (broad SMARTS) is 1. The van der Waals surface area contributed by atoms with Crippen LogP contribution in [0.4, 0.5) is 0 Å². The summed E-state index contributed by atoms with van der Waals surface area (Å²) < 4.78 is 25.2. The summed E-state index contributed by atoms with van der Waals surface area (Å²) in [5.74, 6) is -5.87. The number of nitrogens with one attached hydrogen (secondary N) is 1. The molecule has 1 unspecified atom stereocenters. The molecular weight excluding hydrogens is 746 g/mol. The summed E-state index contributed by atoms with van der Waals surface area (Å²) in [4.78, 5) is 79.9. The number of Topliss-reactive ketones (excluding diaryl/α,β-unsaturated/α-hetero) is 2. The molecule has 4 bridgehead atoms. The van der Waals surface area contributed by atoms with E-state index in [-0.39, 0.29) is 52.4 Å². The topological polar surface area (TPSA) is 192 Å². The van der Waals surface area contributed by atoms with E-state index >= 15 is 0 Å². The summed E-state index contributed by atoms with van der Waals surface area (Å²) in [6.45, 7) is 12.8. The molecule has 6 aliphatic rings. The fourth-order valence-corrected chi connectivity index (χ4v) is 9.03. The number of phenolic OH excluding ortho intramolecular Hbond substituents is 1. The normalized spacial score (nSPS) is 25.8. The highest BCUT2D eigenvalue weighted by atomic mass is 16.6. The van der Waals surface area contributed by atoms with Gasteiger partial charge in [-0.05, 0) is 92.0 Å². The van der Waals surface area contributed by atoms with Crippen LogP contribution in [0.3, 0.4) is 0 Å². The fourth-order valence-electron chi connectivity index (χ4n) is 9.03. The maximum Gasteiger partial charge on any atom is 0.345 e.